The highest BCUT2D eigenvalue weighted by atomic mass is 16.5. The molecule has 0 fully saturated rings. The van der Waals surface area contributed by atoms with Crippen LogP contribution in [0.4, 0.5) is 0 Å². The van der Waals surface area contributed by atoms with Crippen LogP contribution in [-0.2, 0) is 11.8 Å². The smallest absolute Gasteiger partial charge is 0.358 e. The standard InChI is InChI=1S/C11H16N2O2/c1-5-15-11(14)10-7-9(6-8(2)3)13(4)12-10/h6-7H,5H2,1-4H3. The molecule has 0 bridgehead atoms. The zero-order valence-corrected chi connectivity index (χ0v) is 9.57. The molecule has 0 aliphatic rings. The molecule has 15 heavy (non-hydrogen) atoms. The molecule has 0 aliphatic heterocycles. The highest BCUT2D eigenvalue weighted by molar-refractivity contribution is 5.87. The van der Waals surface area contributed by atoms with Gasteiger partial charge in [0.05, 0.1) is 12.3 Å². The number of carbonyl (C=O) groups excluding carboxylic acids is 1. The van der Waals surface area contributed by atoms with E-state index in [1.54, 1.807) is 24.7 Å². The monoisotopic (exact) mass is 208 g/mol. The highest BCUT2D eigenvalue weighted by Crippen LogP contribution is 2.09. The Morgan fingerprint density at radius 3 is 2.80 bits per heavy atom. The van der Waals surface area contributed by atoms with Gasteiger partial charge in [-0.15, -0.1) is 0 Å². The Balaban J connectivity index is 2.95. The fraction of sp³-hybridized carbons (Fsp3) is 0.455. The predicted octanol–water partition coefficient (Wildman–Crippen LogP) is 2.02. The van der Waals surface area contributed by atoms with Crippen molar-refractivity contribution in [3.05, 3.63) is 23.0 Å². The zero-order chi connectivity index (χ0) is 11.4. The van der Waals surface area contributed by atoms with Gasteiger partial charge in [-0.05, 0) is 32.9 Å². The minimum Gasteiger partial charge on any atom is -0.461 e. The molecule has 0 aliphatic carbocycles. The molecule has 1 aromatic rings. The van der Waals surface area contributed by atoms with Gasteiger partial charge in [-0.25, -0.2) is 4.79 Å². The van der Waals surface area contributed by atoms with Gasteiger partial charge in [-0.3, -0.25) is 4.68 Å². The summed E-state index contributed by atoms with van der Waals surface area (Å²) in [5, 5.41) is 4.08. The van der Waals surface area contributed by atoms with E-state index in [2.05, 4.69) is 5.10 Å². The van der Waals surface area contributed by atoms with Crippen LogP contribution in [0.2, 0.25) is 0 Å². The van der Waals surface area contributed by atoms with Crippen LogP contribution in [0.5, 0.6) is 0 Å². The SMILES string of the molecule is CCOC(=O)c1cc(C=C(C)C)n(C)n1. The average Bonchev–Trinajstić information content (AvgIpc) is 2.47. The van der Waals surface area contributed by atoms with E-state index in [4.69, 9.17) is 4.74 Å². The van der Waals surface area contributed by atoms with E-state index >= 15 is 0 Å². The summed E-state index contributed by atoms with van der Waals surface area (Å²) in [6.07, 6.45) is 1.97. The van der Waals surface area contributed by atoms with Crippen molar-refractivity contribution in [1.82, 2.24) is 9.78 Å². The largest absolute Gasteiger partial charge is 0.461 e. The van der Waals surface area contributed by atoms with Gasteiger partial charge in [-0.1, -0.05) is 5.57 Å². The first-order valence-corrected chi connectivity index (χ1v) is 4.90. The van der Waals surface area contributed by atoms with Crippen molar-refractivity contribution in [2.45, 2.75) is 20.8 Å². The summed E-state index contributed by atoms with van der Waals surface area (Å²) in [5.74, 6) is -0.374. The number of esters is 1. The lowest BCUT2D eigenvalue weighted by Crippen LogP contribution is -2.05. The molecule has 4 nitrogen and oxygen atoms in total. The summed E-state index contributed by atoms with van der Waals surface area (Å²) in [5.41, 5.74) is 2.42. The van der Waals surface area contributed by atoms with Crippen molar-refractivity contribution in [1.29, 1.82) is 0 Å². The van der Waals surface area contributed by atoms with Gasteiger partial charge in [0.15, 0.2) is 5.69 Å². The molecule has 0 saturated carbocycles. The van der Waals surface area contributed by atoms with Gasteiger partial charge in [0.25, 0.3) is 0 Å². The molecule has 0 radical (unpaired) electrons. The zero-order valence-electron chi connectivity index (χ0n) is 9.57. The number of hydrogen-bond donors (Lipinski definition) is 0. The van der Waals surface area contributed by atoms with Gasteiger partial charge >= 0.3 is 5.97 Å². The number of carbonyl (C=O) groups is 1. The second-order valence-electron chi connectivity index (χ2n) is 3.52. The summed E-state index contributed by atoms with van der Waals surface area (Å²) in [6, 6.07) is 1.73. The minimum absolute atomic E-state index is 0.354. The molecule has 1 heterocycles. The minimum atomic E-state index is -0.374. The van der Waals surface area contributed by atoms with Gasteiger partial charge < -0.3 is 4.74 Å². The first-order valence-electron chi connectivity index (χ1n) is 4.90. The molecule has 0 amide bonds. The van der Waals surface area contributed by atoms with E-state index in [0.717, 1.165) is 11.3 Å². The summed E-state index contributed by atoms with van der Waals surface area (Å²) >= 11 is 0. The quantitative estimate of drug-likeness (QED) is 0.714. The average molecular weight is 208 g/mol. The Bertz CT molecular complexity index is 387. The maximum atomic E-state index is 11.4. The summed E-state index contributed by atoms with van der Waals surface area (Å²) in [7, 11) is 1.80. The van der Waals surface area contributed by atoms with E-state index < -0.39 is 0 Å². The Morgan fingerprint density at radius 1 is 1.60 bits per heavy atom. The summed E-state index contributed by atoms with van der Waals surface area (Å²) in [4.78, 5) is 11.4. The maximum Gasteiger partial charge on any atom is 0.358 e. The number of hydrogen-bond acceptors (Lipinski definition) is 3. The second kappa shape index (κ2) is 4.77. The van der Waals surface area contributed by atoms with Crippen LogP contribution in [-0.4, -0.2) is 22.4 Å². The van der Waals surface area contributed by atoms with Crippen molar-refractivity contribution >= 4 is 12.0 Å². The molecular weight excluding hydrogens is 192 g/mol. The lowest BCUT2D eigenvalue weighted by molar-refractivity contribution is 0.0518. The topological polar surface area (TPSA) is 44.1 Å². The van der Waals surface area contributed by atoms with Crippen molar-refractivity contribution in [2.75, 3.05) is 6.61 Å². The van der Waals surface area contributed by atoms with E-state index in [1.807, 2.05) is 19.9 Å². The van der Waals surface area contributed by atoms with E-state index in [1.165, 1.54) is 0 Å². The first-order chi connectivity index (χ1) is 7.04. The number of allylic oxidation sites excluding steroid dienone is 1. The molecule has 1 aromatic heterocycles. The fourth-order valence-electron chi connectivity index (χ4n) is 1.22. The van der Waals surface area contributed by atoms with Crippen LogP contribution in [0.1, 0.15) is 37.0 Å². The molecule has 0 N–H and O–H groups in total. The number of nitrogens with zero attached hydrogens (tertiary/aromatic N) is 2. The third-order valence-electron chi connectivity index (χ3n) is 1.84. The van der Waals surface area contributed by atoms with Crippen LogP contribution in [0.3, 0.4) is 0 Å². The molecular formula is C11H16N2O2. The van der Waals surface area contributed by atoms with Gasteiger partial charge in [0, 0.05) is 7.05 Å². The third kappa shape index (κ3) is 2.94. The molecule has 0 unspecified atom stereocenters. The van der Waals surface area contributed by atoms with Crippen LogP contribution in [0, 0.1) is 0 Å². The third-order valence-corrected chi connectivity index (χ3v) is 1.84. The van der Waals surface area contributed by atoms with Crippen molar-refractivity contribution in [3.8, 4) is 0 Å². The van der Waals surface area contributed by atoms with E-state index in [0.29, 0.717) is 12.3 Å². The number of ether oxygens (including phenoxy) is 1. The van der Waals surface area contributed by atoms with Crippen LogP contribution in [0.25, 0.3) is 6.08 Å². The molecule has 0 saturated heterocycles. The fourth-order valence-corrected chi connectivity index (χ4v) is 1.22. The van der Waals surface area contributed by atoms with E-state index in [9.17, 15) is 4.79 Å². The molecule has 82 valence electrons. The van der Waals surface area contributed by atoms with Crippen molar-refractivity contribution in [2.24, 2.45) is 7.05 Å². The lowest BCUT2D eigenvalue weighted by Gasteiger charge is -1.95. The molecule has 0 atom stereocenters. The van der Waals surface area contributed by atoms with Crippen molar-refractivity contribution < 1.29 is 9.53 Å². The lowest BCUT2D eigenvalue weighted by atomic mass is 10.2. The summed E-state index contributed by atoms with van der Waals surface area (Å²) in [6.45, 7) is 6.14. The molecule has 0 aromatic carbocycles. The molecule has 1 rings (SSSR count). The second-order valence-corrected chi connectivity index (χ2v) is 3.52. The predicted molar refractivity (Wildman–Crippen MR) is 58.5 cm³/mol. The normalized spacial score (nSPS) is 9.87. The van der Waals surface area contributed by atoms with Gasteiger partial charge in [0.2, 0.25) is 0 Å². The molecule has 4 heteroatoms. The number of aryl methyl sites for hydroxylation is 1. The van der Waals surface area contributed by atoms with Crippen molar-refractivity contribution in [3.63, 3.8) is 0 Å². The Labute approximate surface area is 89.5 Å². The highest BCUT2D eigenvalue weighted by Gasteiger charge is 2.12. The van der Waals surface area contributed by atoms with Gasteiger partial charge in [0.1, 0.15) is 0 Å². The van der Waals surface area contributed by atoms with Gasteiger partial charge in [-0.2, -0.15) is 5.10 Å². The van der Waals surface area contributed by atoms with Crippen LogP contribution >= 0.6 is 0 Å². The number of aromatic nitrogens is 2. The Hall–Kier alpha value is -1.58. The van der Waals surface area contributed by atoms with Crippen LogP contribution in [0.15, 0.2) is 11.6 Å². The van der Waals surface area contributed by atoms with E-state index in [-0.39, 0.29) is 5.97 Å². The number of rotatable bonds is 3. The first kappa shape index (κ1) is 11.5. The summed E-state index contributed by atoms with van der Waals surface area (Å²) < 4.78 is 6.53. The molecule has 0 spiro atoms. The Kier molecular flexibility index (Phi) is 3.66. The Morgan fingerprint density at radius 2 is 2.27 bits per heavy atom. The maximum absolute atomic E-state index is 11.4. The van der Waals surface area contributed by atoms with Crippen LogP contribution < -0.4 is 0 Å².